The lowest BCUT2D eigenvalue weighted by Gasteiger charge is -2.07. The topological polar surface area (TPSA) is 0 Å². The molecule has 0 amide bonds. The molecule has 0 nitrogen and oxygen atoms in total. The second kappa shape index (κ2) is 4.24. The Labute approximate surface area is 84.9 Å². The van der Waals surface area contributed by atoms with Crippen molar-refractivity contribution in [3.05, 3.63) is 33.3 Å². The van der Waals surface area contributed by atoms with Crippen molar-refractivity contribution >= 4 is 27.5 Å². The first-order valence-electron chi connectivity index (χ1n) is 3.66. The van der Waals surface area contributed by atoms with E-state index < -0.39 is 0 Å². The van der Waals surface area contributed by atoms with E-state index in [2.05, 4.69) is 15.9 Å². The molecule has 1 aromatic carbocycles. The van der Waals surface area contributed by atoms with Gasteiger partial charge in [-0.15, -0.1) is 0 Å². The lowest BCUT2D eigenvalue weighted by Crippen LogP contribution is -1.94. The Hall–Kier alpha value is -0.0800. The summed E-state index contributed by atoms with van der Waals surface area (Å²) in [6.07, 6.45) is 0. The molecule has 0 N–H and O–H groups in total. The fraction of sp³-hybridized carbons (Fsp3) is 0.333. The second-order valence-electron chi connectivity index (χ2n) is 2.73. The van der Waals surface area contributed by atoms with E-state index in [-0.39, 0.29) is 12.6 Å². The Morgan fingerprint density at radius 2 is 2.25 bits per heavy atom. The van der Waals surface area contributed by atoms with E-state index in [1.54, 1.807) is 6.07 Å². The molecule has 0 saturated carbocycles. The van der Waals surface area contributed by atoms with Crippen molar-refractivity contribution in [3.8, 4) is 0 Å². The van der Waals surface area contributed by atoms with Gasteiger partial charge in [0.15, 0.2) is 0 Å². The molecule has 66 valence electrons. The van der Waals surface area contributed by atoms with E-state index in [4.69, 9.17) is 11.6 Å². The molecule has 0 aliphatic rings. The highest BCUT2D eigenvalue weighted by Crippen LogP contribution is 2.26. The van der Waals surface area contributed by atoms with E-state index in [1.807, 2.05) is 19.1 Å². The highest BCUT2D eigenvalue weighted by molar-refractivity contribution is 9.10. The maximum atomic E-state index is 12.3. The zero-order valence-corrected chi connectivity index (χ0v) is 8.99. The summed E-state index contributed by atoms with van der Waals surface area (Å²) >= 11 is 9.08. The van der Waals surface area contributed by atoms with Gasteiger partial charge in [0, 0.05) is 10.4 Å². The third kappa shape index (κ3) is 2.20. The summed E-state index contributed by atoms with van der Waals surface area (Å²) in [5, 5.41) is 0.657. The molecule has 0 saturated heterocycles. The van der Waals surface area contributed by atoms with E-state index in [0.29, 0.717) is 5.02 Å². The summed E-state index contributed by atoms with van der Waals surface area (Å²) in [6, 6.07) is 5.47. The lowest BCUT2D eigenvalue weighted by molar-refractivity contribution is 0.447. The summed E-state index contributed by atoms with van der Waals surface area (Å²) in [5.74, 6) is -0.0569. The van der Waals surface area contributed by atoms with Gasteiger partial charge in [-0.2, -0.15) is 0 Å². The van der Waals surface area contributed by atoms with Crippen molar-refractivity contribution in [2.24, 2.45) is 0 Å². The summed E-state index contributed by atoms with van der Waals surface area (Å²) in [7, 11) is 0. The van der Waals surface area contributed by atoms with E-state index in [1.165, 1.54) is 0 Å². The van der Waals surface area contributed by atoms with Crippen LogP contribution in [0.3, 0.4) is 0 Å². The van der Waals surface area contributed by atoms with Gasteiger partial charge in [-0.25, -0.2) is 0 Å². The molecule has 0 aliphatic heterocycles. The van der Waals surface area contributed by atoms with Crippen LogP contribution in [0.5, 0.6) is 0 Å². The van der Waals surface area contributed by atoms with Crippen LogP contribution in [0.2, 0.25) is 5.02 Å². The van der Waals surface area contributed by atoms with Gasteiger partial charge in [0.2, 0.25) is 0 Å². The minimum Gasteiger partial charge on any atom is -0.250 e. The standard InChI is InChI=1S/C9H9BrClF/c1-6(5-12)7-2-3-9(11)8(10)4-7/h2-4,6H,5H2,1H3. The molecule has 0 heterocycles. The predicted molar refractivity (Wildman–Crippen MR) is 53.5 cm³/mol. The number of benzene rings is 1. The highest BCUT2D eigenvalue weighted by Gasteiger charge is 2.06. The molecule has 1 unspecified atom stereocenters. The number of hydrogen-bond acceptors (Lipinski definition) is 0. The van der Waals surface area contributed by atoms with Gasteiger partial charge >= 0.3 is 0 Å². The fourth-order valence-corrected chi connectivity index (χ4v) is 1.42. The maximum absolute atomic E-state index is 12.3. The molecule has 1 rings (SSSR count). The quantitative estimate of drug-likeness (QED) is 0.740. The zero-order valence-electron chi connectivity index (χ0n) is 6.65. The van der Waals surface area contributed by atoms with Crippen molar-refractivity contribution in [1.82, 2.24) is 0 Å². The average molecular weight is 252 g/mol. The molecule has 0 radical (unpaired) electrons. The number of alkyl halides is 1. The Kier molecular flexibility index (Phi) is 3.53. The molecule has 3 heteroatoms. The zero-order chi connectivity index (χ0) is 9.14. The Morgan fingerprint density at radius 3 is 2.75 bits per heavy atom. The Morgan fingerprint density at radius 1 is 1.58 bits per heavy atom. The first-order valence-corrected chi connectivity index (χ1v) is 4.83. The molecule has 0 aromatic heterocycles. The van der Waals surface area contributed by atoms with Crippen molar-refractivity contribution in [1.29, 1.82) is 0 Å². The fourth-order valence-electron chi connectivity index (χ4n) is 0.908. The van der Waals surface area contributed by atoms with Crippen LogP contribution in [0.4, 0.5) is 4.39 Å². The largest absolute Gasteiger partial charge is 0.250 e. The Balaban J connectivity index is 2.96. The summed E-state index contributed by atoms with van der Waals surface area (Å²) in [4.78, 5) is 0. The molecule has 0 aliphatic carbocycles. The van der Waals surface area contributed by atoms with Gasteiger partial charge in [-0.05, 0) is 33.6 Å². The third-order valence-corrected chi connectivity index (χ3v) is 2.96. The van der Waals surface area contributed by atoms with Crippen molar-refractivity contribution in [2.45, 2.75) is 12.8 Å². The Bertz CT molecular complexity index is 275. The van der Waals surface area contributed by atoms with Crippen molar-refractivity contribution in [2.75, 3.05) is 6.67 Å². The van der Waals surface area contributed by atoms with E-state index in [0.717, 1.165) is 10.0 Å². The summed E-state index contributed by atoms with van der Waals surface area (Å²) in [6.45, 7) is 1.50. The molecule has 0 bridgehead atoms. The third-order valence-electron chi connectivity index (χ3n) is 1.74. The van der Waals surface area contributed by atoms with Gasteiger partial charge < -0.3 is 0 Å². The minimum absolute atomic E-state index is 0.0569. The van der Waals surface area contributed by atoms with Gasteiger partial charge in [0.05, 0.1) is 11.7 Å². The van der Waals surface area contributed by atoms with Crippen LogP contribution in [-0.2, 0) is 0 Å². The van der Waals surface area contributed by atoms with Crippen LogP contribution in [-0.4, -0.2) is 6.67 Å². The average Bonchev–Trinajstić information content (AvgIpc) is 2.08. The monoisotopic (exact) mass is 250 g/mol. The molecule has 0 fully saturated rings. The maximum Gasteiger partial charge on any atom is 0.0960 e. The second-order valence-corrected chi connectivity index (χ2v) is 3.99. The van der Waals surface area contributed by atoms with Crippen LogP contribution in [0, 0.1) is 0 Å². The summed E-state index contributed by atoms with van der Waals surface area (Å²) < 4.78 is 13.1. The number of rotatable bonds is 2. The predicted octanol–water partition coefficient (Wildman–Crippen LogP) is 4.18. The minimum atomic E-state index is -0.339. The molecule has 1 atom stereocenters. The molecular weight excluding hydrogens is 242 g/mol. The molecule has 12 heavy (non-hydrogen) atoms. The first-order chi connectivity index (χ1) is 5.65. The van der Waals surface area contributed by atoms with E-state index in [9.17, 15) is 4.39 Å². The first kappa shape index (κ1) is 10.0. The smallest absolute Gasteiger partial charge is 0.0960 e. The molecular formula is C9H9BrClF. The van der Waals surface area contributed by atoms with Gasteiger partial charge in [-0.1, -0.05) is 24.6 Å². The van der Waals surface area contributed by atoms with Gasteiger partial charge in [0.1, 0.15) is 0 Å². The SMILES string of the molecule is CC(CF)c1ccc(Cl)c(Br)c1. The van der Waals surface area contributed by atoms with Crippen molar-refractivity contribution < 1.29 is 4.39 Å². The van der Waals surface area contributed by atoms with Gasteiger partial charge in [0.25, 0.3) is 0 Å². The summed E-state index contributed by atoms with van der Waals surface area (Å²) in [5.41, 5.74) is 0.966. The normalized spacial score (nSPS) is 13.0. The number of halogens is 3. The van der Waals surface area contributed by atoms with Crippen LogP contribution in [0.1, 0.15) is 18.4 Å². The van der Waals surface area contributed by atoms with Crippen LogP contribution >= 0.6 is 27.5 Å². The number of hydrogen-bond donors (Lipinski definition) is 0. The van der Waals surface area contributed by atoms with Crippen LogP contribution in [0.15, 0.2) is 22.7 Å². The van der Waals surface area contributed by atoms with Crippen LogP contribution in [0.25, 0.3) is 0 Å². The van der Waals surface area contributed by atoms with Gasteiger partial charge in [-0.3, -0.25) is 4.39 Å². The van der Waals surface area contributed by atoms with Crippen molar-refractivity contribution in [3.63, 3.8) is 0 Å². The lowest BCUT2D eigenvalue weighted by atomic mass is 10.0. The van der Waals surface area contributed by atoms with E-state index >= 15 is 0 Å². The molecule has 1 aromatic rings. The molecule has 0 spiro atoms. The highest BCUT2D eigenvalue weighted by atomic mass is 79.9. The van der Waals surface area contributed by atoms with Crippen LogP contribution < -0.4 is 0 Å².